The molecule has 0 saturated carbocycles. The van der Waals surface area contributed by atoms with Crippen LogP contribution in [0, 0.1) is 0 Å². The molecule has 0 aliphatic heterocycles. The maximum absolute atomic E-state index is 5.22. The maximum atomic E-state index is 5.22. The predicted octanol–water partition coefficient (Wildman–Crippen LogP) is 4.83. The largest absolute Gasteiger partial charge is 0.497 e. The third-order valence-corrected chi connectivity index (χ3v) is 4.07. The predicted molar refractivity (Wildman–Crippen MR) is 82.2 cm³/mol. The van der Waals surface area contributed by atoms with Crippen molar-refractivity contribution in [3.63, 3.8) is 0 Å². The van der Waals surface area contributed by atoms with E-state index in [1.54, 1.807) is 7.11 Å². The van der Waals surface area contributed by atoms with Gasteiger partial charge in [0.25, 0.3) is 0 Å². The van der Waals surface area contributed by atoms with Crippen LogP contribution in [0.4, 0.5) is 5.69 Å². The van der Waals surface area contributed by atoms with Crippen molar-refractivity contribution in [3.8, 4) is 5.75 Å². The molecule has 4 heteroatoms. The number of ether oxygens (including phenoxy) is 1. The van der Waals surface area contributed by atoms with Gasteiger partial charge < -0.3 is 10.1 Å². The second-order valence-corrected chi connectivity index (χ2v) is 5.50. The number of halogens is 2. The molecule has 0 unspecified atom stereocenters. The van der Waals surface area contributed by atoms with Crippen molar-refractivity contribution >= 4 is 37.5 Å². The van der Waals surface area contributed by atoms with Gasteiger partial charge in [0.15, 0.2) is 0 Å². The zero-order valence-electron chi connectivity index (χ0n) is 9.91. The Labute approximate surface area is 124 Å². The van der Waals surface area contributed by atoms with Gasteiger partial charge in [-0.1, -0.05) is 34.1 Å². The van der Waals surface area contributed by atoms with E-state index < -0.39 is 0 Å². The normalized spacial score (nSPS) is 10.2. The number of anilines is 1. The molecule has 0 aliphatic carbocycles. The molecule has 94 valence electrons. The molecule has 0 atom stereocenters. The smallest absolute Gasteiger partial charge is 0.121 e. The first-order valence-electron chi connectivity index (χ1n) is 5.51. The lowest BCUT2D eigenvalue weighted by atomic mass is 10.2. The summed E-state index contributed by atoms with van der Waals surface area (Å²) in [7, 11) is 1.67. The third kappa shape index (κ3) is 3.27. The Bertz CT molecular complexity index is 543. The van der Waals surface area contributed by atoms with Crippen LogP contribution in [0.2, 0.25) is 0 Å². The summed E-state index contributed by atoms with van der Waals surface area (Å²) in [6.45, 7) is 0.757. The van der Waals surface area contributed by atoms with E-state index in [0.29, 0.717) is 0 Å². The molecule has 2 aromatic carbocycles. The summed E-state index contributed by atoms with van der Waals surface area (Å²) in [5.74, 6) is 0.841. The lowest BCUT2D eigenvalue weighted by Gasteiger charge is -2.11. The standard InChI is InChI=1S/C14H13Br2NO/c1-18-11-6-7-13(16)14(8-11)17-9-10-4-2-3-5-12(10)15/h2-8,17H,9H2,1H3. The average Bonchev–Trinajstić information content (AvgIpc) is 2.39. The minimum absolute atomic E-state index is 0.757. The molecule has 1 N–H and O–H groups in total. The van der Waals surface area contributed by atoms with E-state index in [-0.39, 0.29) is 0 Å². The van der Waals surface area contributed by atoms with Crippen molar-refractivity contribution in [2.45, 2.75) is 6.54 Å². The first-order chi connectivity index (χ1) is 8.70. The SMILES string of the molecule is COc1ccc(Br)c(NCc2ccccc2Br)c1. The van der Waals surface area contributed by atoms with Crippen molar-refractivity contribution in [2.75, 3.05) is 12.4 Å². The Morgan fingerprint density at radius 2 is 1.83 bits per heavy atom. The van der Waals surface area contributed by atoms with Crippen molar-refractivity contribution in [3.05, 3.63) is 57.0 Å². The van der Waals surface area contributed by atoms with Crippen molar-refractivity contribution in [1.82, 2.24) is 0 Å². The number of benzene rings is 2. The summed E-state index contributed by atoms with van der Waals surface area (Å²) < 4.78 is 7.35. The van der Waals surface area contributed by atoms with Gasteiger partial charge in [0.2, 0.25) is 0 Å². The van der Waals surface area contributed by atoms with Crippen LogP contribution in [0.1, 0.15) is 5.56 Å². The van der Waals surface area contributed by atoms with Crippen LogP contribution in [0.15, 0.2) is 51.4 Å². The minimum atomic E-state index is 0.757. The quantitative estimate of drug-likeness (QED) is 0.831. The molecule has 0 bridgehead atoms. The Hall–Kier alpha value is -1.00. The topological polar surface area (TPSA) is 21.3 Å². The molecule has 18 heavy (non-hydrogen) atoms. The number of rotatable bonds is 4. The molecule has 0 saturated heterocycles. The van der Waals surface area contributed by atoms with Crippen molar-refractivity contribution in [2.24, 2.45) is 0 Å². The number of methoxy groups -OCH3 is 1. The van der Waals surface area contributed by atoms with Crippen LogP contribution < -0.4 is 10.1 Å². The molecule has 0 amide bonds. The summed E-state index contributed by atoms with van der Waals surface area (Å²) in [4.78, 5) is 0. The van der Waals surface area contributed by atoms with E-state index in [9.17, 15) is 0 Å². The van der Waals surface area contributed by atoms with Crippen LogP contribution >= 0.6 is 31.9 Å². The molecule has 0 fully saturated rings. The summed E-state index contributed by atoms with van der Waals surface area (Å²) in [6.07, 6.45) is 0. The highest BCUT2D eigenvalue weighted by molar-refractivity contribution is 9.10. The highest BCUT2D eigenvalue weighted by atomic mass is 79.9. The monoisotopic (exact) mass is 369 g/mol. The second kappa shape index (κ2) is 6.25. The Morgan fingerprint density at radius 1 is 1.06 bits per heavy atom. The van der Waals surface area contributed by atoms with Crippen LogP contribution in [0.5, 0.6) is 5.75 Å². The van der Waals surface area contributed by atoms with E-state index in [1.807, 2.05) is 36.4 Å². The zero-order chi connectivity index (χ0) is 13.0. The van der Waals surface area contributed by atoms with Crippen LogP contribution in [0.3, 0.4) is 0 Å². The first kappa shape index (κ1) is 13.4. The Balaban J connectivity index is 2.13. The molecule has 0 radical (unpaired) electrons. The van der Waals surface area contributed by atoms with E-state index in [4.69, 9.17) is 4.74 Å². The summed E-state index contributed by atoms with van der Waals surface area (Å²) in [5, 5.41) is 3.39. The average molecular weight is 371 g/mol. The molecule has 0 aliphatic rings. The van der Waals surface area contributed by atoms with Gasteiger partial charge in [-0.05, 0) is 39.7 Å². The number of nitrogens with one attached hydrogen (secondary N) is 1. The lowest BCUT2D eigenvalue weighted by Crippen LogP contribution is -2.01. The van der Waals surface area contributed by atoms with E-state index in [0.717, 1.165) is 26.9 Å². The molecular formula is C14H13Br2NO. The summed E-state index contributed by atoms with van der Waals surface area (Å²) >= 11 is 7.06. The van der Waals surface area contributed by atoms with Crippen molar-refractivity contribution in [1.29, 1.82) is 0 Å². The fraction of sp³-hybridized carbons (Fsp3) is 0.143. The van der Waals surface area contributed by atoms with Crippen LogP contribution in [-0.2, 0) is 6.54 Å². The molecule has 0 aromatic heterocycles. The molecule has 2 rings (SSSR count). The highest BCUT2D eigenvalue weighted by Gasteiger charge is 2.03. The first-order valence-corrected chi connectivity index (χ1v) is 7.10. The van der Waals surface area contributed by atoms with Gasteiger partial charge in [-0.15, -0.1) is 0 Å². The van der Waals surface area contributed by atoms with E-state index in [1.165, 1.54) is 5.56 Å². The fourth-order valence-electron chi connectivity index (χ4n) is 1.60. The van der Waals surface area contributed by atoms with Crippen molar-refractivity contribution < 1.29 is 4.74 Å². The fourth-order valence-corrected chi connectivity index (χ4v) is 2.41. The second-order valence-electron chi connectivity index (χ2n) is 3.79. The maximum Gasteiger partial charge on any atom is 0.121 e. The van der Waals surface area contributed by atoms with Gasteiger partial charge >= 0.3 is 0 Å². The summed E-state index contributed by atoms with van der Waals surface area (Å²) in [6, 6.07) is 14.0. The molecular weight excluding hydrogens is 358 g/mol. The van der Waals surface area contributed by atoms with Gasteiger partial charge in [0.05, 0.1) is 12.8 Å². The van der Waals surface area contributed by atoms with Gasteiger partial charge in [-0.3, -0.25) is 0 Å². The molecule has 2 aromatic rings. The van der Waals surface area contributed by atoms with Gasteiger partial charge in [0.1, 0.15) is 5.75 Å². The van der Waals surface area contributed by atoms with E-state index >= 15 is 0 Å². The van der Waals surface area contributed by atoms with Crippen LogP contribution in [-0.4, -0.2) is 7.11 Å². The zero-order valence-corrected chi connectivity index (χ0v) is 13.1. The van der Waals surface area contributed by atoms with E-state index in [2.05, 4.69) is 43.2 Å². The van der Waals surface area contributed by atoms with Gasteiger partial charge in [-0.25, -0.2) is 0 Å². The lowest BCUT2D eigenvalue weighted by molar-refractivity contribution is 0.415. The Kier molecular flexibility index (Phi) is 4.66. The Morgan fingerprint density at radius 3 is 2.56 bits per heavy atom. The molecule has 2 nitrogen and oxygen atoms in total. The van der Waals surface area contributed by atoms with Gasteiger partial charge in [0, 0.05) is 21.6 Å². The number of hydrogen-bond donors (Lipinski definition) is 1. The highest BCUT2D eigenvalue weighted by Crippen LogP contribution is 2.28. The van der Waals surface area contributed by atoms with Gasteiger partial charge in [-0.2, -0.15) is 0 Å². The molecule has 0 spiro atoms. The summed E-state index contributed by atoms with van der Waals surface area (Å²) in [5.41, 5.74) is 2.23. The minimum Gasteiger partial charge on any atom is -0.497 e. The van der Waals surface area contributed by atoms with Crippen LogP contribution in [0.25, 0.3) is 0 Å². The number of hydrogen-bond acceptors (Lipinski definition) is 2. The molecule has 0 heterocycles. The third-order valence-electron chi connectivity index (χ3n) is 2.60.